The van der Waals surface area contributed by atoms with Crippen molar-refractivity contribution in [2.75, 3.05) is 0 Å². The van der Waals surface area contributed by atoms with E-state index >= 15 is 0 Å². The van der Waals surface area contributed by atoms with Crippen molar-refractivity contribution in [3.05, 3.63) is 120 Å². The van der Waals surface area contributed by atoms with Gasteiger partial charge in [0.1, 0.15) is 0 Å². The van der Waals surface area contributed by atoms with Gasteiger partial charge in [-0.3, -0.25) is 0 Å². The van der Waals surface area contributed by atoms with Gasteiger partial charge in [0, 0.05) is 13.1 Å². The summed E-state index contributed by atoms with van der Waals surface area (Å²) in [6.45, 7) is 1.67. The molecule has 31 heavy (non-hydrogen) atoms. The maximum Gasteiger partial charge on any atom is 0.0221 e. The summed E-state index contributed by atoms with van der Waals surface area (Å²) in [5, 5.41) is 14.3. The van der Waals surface area contributed by atoms with Crippen LogP contribution >= 0.6 is 0 Å². The number of nitrogens with one attached hydrogen (secondary N) is 1. The fraction of sp³-hybridized carbons (Fsp3) is 0.0667. The molecule has 0 spiro atoms. The van der Waals surface area contributed by atoms with E-state index in [-0.39, 0.29) is 0 Å². The van der Waals surface area contributed by atoms with Crippen LogP contribution < -0.4 is 5.32 Å². The van der Waals surface area contributed by atoms with Crippen molar-refractivity contribution in [1.82, 2.24) is 5.32 Å². The lowest BCUT2D eigenvalue weighted by Gasteiger charge is -2.15. The molecule has 1 N–H and O–H groups in total. The molecule has 0 aliphatic rings. The summed E-state index contributed by atoms with van der Waals surface area (Å²) < 4.78 is 0. The maximum absolute atomic E-state index is 3.79. The third-order valence-electron chi connectivity index (χ3n) is 6.37. The van der Waals surface area contributed by atoms with Crippen LogP contribution in [-0.4, -0.2) is 0 Å². The smallest absolute Gasteiger partial charge is 0.0221 e. The van der Waals surface area contributed by atoms with Crippen LogP contribution in [0.5, 0.6) is 0 Å². The van der Waals surface area contributed by atoms with Crippen molar-refractivity contribution >= 4 is 43.1 Å². The minimum atomic E-state index is 0.833. The quantitative estimate of drug-likeness (QED) is 0.302. The minimum absolute atomic E-state index is 0.833. The van der Waals surface area contributed by atoms with Crippen LogP contribution in [0.3, 0.4) is 0 Å². The molecular weight excluding hydrogens is 374 g/mol. The third kappa shape index (κ3) is 3.15. The molecule has 1 heteroatoms. The van der Waals surface area contributed by atoms with Crippen LogP contribution in [0.2, 0.25) is 0 Å². The first-order valence-corrected chi connectivity index (χ1v) is 10.9. The fourth-order valence-corrected chi connectivity index (χ4v) is 4.91. The van der Waals surface area contributed by atoms with E-state index in [1.54, 1.807) is 0 Å². The summed E-state index contributed by atoms with van der Waals surface area (Å²) in [5.41, 5.74) is 2.75. The first-order valence-electron chi connectivity index (χ1n) is 10.9. The van der Waals surface area contributed by atoms with E-state index in [4.69, 9.17) is 0 Å². The van der Waals surface area contributed by atoms with Gasteiger partial charge in [0.15, 0.2) is 0 Å². The topological polar surface area (TPSA) is 12.0 Å². The molecular formula is C30H23N. The van der Waals surface area contributed by atoms with Gasteiger partial charge in [-0.15, -0.1) is 0 Å². The van der Waals surface area contributed by atoms with Crippen LogP contribution in [0.1, 0.15) is 11.1 Å². The van der Waals surface area contributed by atoms with Crippen LogP contribution in [0.15, 0.2) is 109 Å². The second-order valence-electron chi connectivity index (χ2n) is 8.20. The van der Waals surface area contributed by atoms with E-state index in [0.717, 1.165) is 13.1 Å². The molecule has 6 rings (SSSR count). The second-order valence-corrected chi connectivity index (χ2v) is 8.20. The van der Waals surface area contributed by atoms with Gasteiger partial charge < -0.3 is 5.32 Å². The van der Waals surface area contributed by atoms with Crippen molar-refractivity contribution in [3.63, 3.8) is 0 Å². The molecule has 0 saturated carbocycles. The van der Waals surface area contributed by atoms with Crippen LogP contribution in [0.25, 0.3) is 43.1 Å². The standard InChI is InChI=1S/C30H23N/c1-5-13-25-21(9-1)17-22-10-2-6-14-26(22)29(25)19-31-20-30-27-15-7-3-11-23(27)18-24-12-4-8-16-28(24)30/h1-18,31H,19-20H2. The molecule has 0 unspecified atom stereocenters. The molecule has 6 aromatic carbocycles. The zero-order valence-corrected chi connectivity index (χ0v) is 17.3. The predicted molar refractivity (Wildman–Crippen MR) is 133 cm³/mol. The summed E-state index contributed by atoms with van der Waals surface area (Å²) >= 11 is 0. The molecule has 0 heterocycles. The second kappa shape index (κ2) is 7.54. The van der Waals surface area contributed by atoms with Crippen molar-refractivity contribution in [3.8, 4) is 0 Å². The van der Waals surface area contributed by atoms with Crippen molar-refractivity contribution in [2.45, 2.75) is 13.1 Å². The molecule has 0 atom stereocenters. The molecule has 0 saturated heterocycles. The Morgan fingerprint density at radius 2 is 0.677 bits per heavy atom. The van der Waals surface area contributed by atoms with E-state index in [0.29, 0.717) is 0 Å². The van der Waals surface area contributed by atoms with Gasteiger partial charge in [0.2, 0.25) is 0 Å². The van der Waals surface area contributed by atoms with Gasteiger partial charge >= 0.3 is 0 Å². The van der Waals surface area contributed by atoms with Gasteiger partial charge in [-0.25, -0.2) is 0 Å². The molecule has 0 aromatic heterocycles. The molecule has 0 amide bonds. The van der Waals surface area contributed by atoms with E-state index in [1.807, 2.05) is 0 Å². The van der Waals surface area contributed by atoms with Gasteiger partial charge in [-0.2, -0.15) is 0 Å². The molecule has 0 aliphatic carbocycles. The Kier molecular flexibility index (Phi) is 4.40. The highest BCUT2D eigenvalue weighted by molar-refractivity contribution is 6.03. The highest BCUT2D eigenvalue weighted by atomic mass is 14.8. The van der Waals surface area contributed by atoms with Crippen molar-refractivity contribution in [2.24, 2.45) is 0 Å². The average molecular weight is 398 g/mol. The number of fused-ring (bicyclic) bond motifs is 4. The largest absolute Gasteiger partial charge is 0.309 e. The number of benzene rings is 6. The maximum atomic E-state index is 3.79. The van der Waals surface area contributed by atoms with E-state index in [9.17, 15) is 0 Å². The number of hydrogen-bond acceptors (Lipinski definition) is 1. The lowest BCUT2D eigenvalue weighted by atomic mass is 9.95. The Bertz CT molecular complexity index is 1330. The molecule has 148 valence electrons. The fourth-order valence-electron chi connectivity index (χ4n) is 4.91. The van der Waals surface area contributed by atoms with E-state index in [2.05, 4.69) is 115 Å². The summed E-state index contributed by atoms with van der Waals surface area (Å²) in [4.78, 5) is 0. The van der Waals surface area contributed by atoms with Crippen molar-refractivity contribution < 1.29 is 0 Å². The highest BCUT2D eigenvalue weighted by Gasteiger charge is 2.10. The Morgan fingerprint density at radius 1 is 0.387 bits per heavy atom. The lowest BCUT2D eigenvalue weighted by Crippen LogP contribution is -2.14. The summed E-state index contributed by atoms with van der Waals surface area (Å²) in [7, 11) is 0. The summed E-state index contributed by atoms with van der Waals surface area (Å²) in [6, 6.07) is 39.4. The molecule has 0 radical (unpaired) electrons. The highest BCUT2D eigenvalue weighted by Crippen LogP contribution is 2.30. The monoisotopic (exact) mass is 397 g/mol. The van der Waals surface area contributed by atoms with Crippen LogP contribution in [-0.2, 0) is 13.1 Å². The lowest BCUT2D eigenvalue weighted by molar-refractivity contribution is 0.706. The van der Waals surface area contributed by atoms with Crippen LogP contribution in [0.4, 0.5) is 0 Å². The zero-order chi connectivity index (χ0) is 20.6. The average Bonchev–Trinajstić information content (AvgIpc) is 2.83. The first kappa shape index (κ1) is 18.1. The molecule has 6 aromatic rings. The van der Waals surface area contributed by atoms with Gasteiger partial charge in [0.25, 0.3) is 0 Å². The first-order chi connectivity index (χ1) is 15.4. The van der Waals surface area contributed by atoms with E-state index < -0.39 is 0 Å². The molecule has 1 nitrogen and oxygen atoms in total. The van der Waals surface area contributed by atoms with Gasteiger partial charge in [0.05, 0.1) is 0 Å². The normalized spacial score (nSPS) is 11.6. The Morgan fingerprint density at radius 3 is 1.00 bits per heavy atom. The SMILES string of the molecule is c1ccc2c(CNCc3c4ccccc4cc4ccccc34)c3ccccc3cc2c1. The molecule has 0 aliphatic heterocycles. The molecule has 0 bridgehead atoms. The number of rotatable bonds is 4. The van der Waals surface area contributed by atoms with E-state index in [1.165, 1.54) is 54.2 Å². The predicted octanol–water partition coefficient (Wildman–Crippen LogP) is 7.59. The Balaban J connectivity index is 1.43. The zero-order valence-electron chi connectivity index (χ0n) is 17.3. The Hall–Kier alpha value is -3.68. The van der Waals surface area contributed by atoms with Gasteiger partial charge in [-0.05, 0) is 66.3 Å². The van der Waals surface area contributed by atoms with Crippen LogP contribution in [0, 0.1) is 0 Å². The summed E-state index contributed by atoms with van der Waals surface area (Å²) in [6.07, 6.45) is 0. The van der Waals surface area contributed by atoms with Gasteiger partial charge in [-0.1, -0.05) is 97.1 Å². The summed E-state index contributed by atoms with van der Waals surface area (Å²) in [5.74, 6) is 0. The third-order valence-corrected chi connectivity index (χ3v) is 6.37. The van der Waals surface area contributed by atoms with Crippen molar-refractivity contribution in [1.29, 1.82) is 0 Å². The number of hydrogen-bond donors (Lipinski definition) is 1. The molecule has 0 fully saturated rings. The minimum Gasteiger partial charge on any atom is -0.309 e. The Labute approximate surface area is 181 Å².